The zero-order chi connectivity index (χ0) is 19.9. The first-order valence-electron chi connectivity index (χ1n) is 7.91. The Morgan fingerprint density at radius 2 is 1.93 bits per heavy atom. The molecule has 2 aromatic carbocycles. The maximum Gasteiger partial charge on any atom is 0.239 e. The number of halogens is 2. The Kier molecular flexibility index (Phi) is 7.29. The van der Waals surface area contributed by atoms with Gasteiger partial charge in [0.05, 0.1) is 11.6 Å². The first-order valence-corrected chi connectivity index (χ1v) is 9.79. The molecule has 0 radical (unpaired) electrons. The van der Waals surface area contributed by atoms with E-state index in [-0.39, 0.29) is 17.3 Å². The standard InChI is InChI=1S/C19H18ClFN2O3S/c1-2-11-23(27(25,26)12-10-15-6-4-3-5-7-15)14-19(24)22-16-8-9-18(21)17(20)13-16/h2-10,12-13H,1,11,14H2,(H,22,24)/b12-10+. The van der Waals surface area contributed by atoms with Crippen molar-refractivity contribution in [1.29, 1.82) is 0 Å². The Morgan fingerprint density at radius 1 is 1.22 bits per heavy atom. The summed E-state index contributed by atoms with van der Waals surface area (Å²) < 4.78 is 39.2. The number of carbonyl (C=O) groups is 1. The summed E-state index contributed by atoms with van der Waals surface area (Å²) in [6, 6.07) is 12.6. The van der Waals surface area contributed by atoms with Gasteiger partial charge in [0.2, 0.25) is 15.9 Å². The number of benzene rings is 2. The predicted molar refractivity (Wildman–Crippen MR) is 106 cm³/mol. The number of nitrogens with one attached hydrogen (secondary N) is 1. The molecule has 0 spiro atoms. The molecule has 5 nitrogen and oxygen atoms in total. The second kappa shape index (κ2) is 9.45. The fourth-order valence-electron chi connectivity index (χ4n) is 2.15. The topological polar surface area (TPSA) is 66.5 Å². The number of rotatable bonds is 8. The van der Waals surface area contributed by atoms with E-state index in [1.807, 2.05) is 6.07 Å². The molecule has 0 unspecified atom stereocenters. The second-order valence-corrected chi connectivity index (χ2v) is 7.74. The smallest absolute Gasteiger partial charge is 0.239 e. The van der Waals surface area contributed by atoms with E-state index in [2.05, 4.69) is 11.9 Å². The zero-order valence-electron chi connectivity index (χ0n) is 14.3. The molecule has 0 aliphatic rings. The van der Waals surface area contributed by atoms with E-state index >= 15 is 0 Å². The van der Waals surface area contributed by atoms with Crippen LogP contribution in [0.2, 0.25) is 5.02 Å². The van der Waals surface area contributed by atoms with E-state index in [4.69, 9.17) is 11.6 Å². The van der Waals surface area contributed by atoms with Gasteiger partial charge in [-0.25, -0.2) is 12.8 Å². The second-order valence-electron chi connectivity index (χ2n) is 5.52. The van der Waals surface area contributed by atoms with Gasteiger partial charge in [-0.05, 0) is 29.8 Å². The van der Waals surface area contributed by atoms with Crippen molar-refractivity contribution < 1.29 is 17.6 Å². The van der Waals surface area contributed by atoms with Crippen molar-refractivity contribution in [3.05, 3.63) is 83.0 Å². The summed E-state index contributed by atoms with van der Waals surface area (Å²) in [6.45, 7) is 3.05. The van der Waals surface area contributed by atoms with Crippen LogP contribution < -0.4 is 5.32 Å². The molecule has 27 heavy (non-hydrogen) atoms. The van der Waals surface area contributed by atoms with Gasteiger partial charge in [0, 0.05) is 17.6 Å². The highest BCUT2D eigenvalue weighted by Crippen LogP contribution is 2.19. The molecule has 0 heterocycles. The van der Waals surface area contributed by atoms with Gasteiger partial charge in [0.25, 0.3) is 0 Å². The summed E-state index contributed by atoms with van der Waals surface area (Å²) in [5, 5.41) is 3.38. The number of nitrogens with zero attached hydrogens (tertiary/aromatic N) is 1. The molecule has 0 aliphatic carbocycles. The Balaban J connectivity index is 2.10. The highest BCUT2D eigenvalue weighted by molar-refractivity contribution is 7.92. The van der Waals surface area contributed by atoms with Gasteiger partial charge in [-0.1, -0.05) is 48.0 Å². The van der Waals surface area contributed by atoms with Crippen LogP contribution in [-0.4, -0.2) is 31.7 Å². The monoisotopic (exact) mass is 408 g/mol. The van der Waals surface area contributed by atoms with Crippen LogP contribution in [0, 0.1) is 5.82 Å². The van der Waals surface area contributed by atoms with Crippen LogP contribution in [-0.2, 0) is 14.8 Å². The van der Waals surface area contributed by atoms with Crippen LogP contribution in [0.4, 0.5) is 10.1 Å². The number of amides is 1. The lowest BCUT2D eigenvalue weighted by atomic mass is 10.2. The highest BCUT2D eigenvalue weighted by Gasteiger charge is 2.21. The number of hydrogen-bond acceptors (Lipinski definition) is 3. The summed E-state index contributed by atoms with van der Waals surface area (Å²) in [6.07, 6.45) is 2.83. The van der Waals surface area contributed by atoms with Crippen molar-refractivity contribution in [3.63, 3.8) is 0 Å². The first kappa shape index (κ1) is 20.8. The van der Waals surface area contributed by atoms with Gasteiger partial charge in [-0.2, -0.15) is 4.31 Å². The summed E-state index contributed by atoms with van der Waals surface area (Å²) in [4.78, 5) is 12.2. The molecule has 2 aromatic rings. The van der Waals surface area contributed by atoms with E-state index in [1.165, 1.54) is 24.3 Å². The molecule has 2 rings (SSSR count). The molecule has 0 atom stereocenters. The summed E-state index contributed by atoms with van der Waals surface area (Å²) in [7, 11) is -3.85. The minimum atomic E-state index is -3.85. The highest BCUT2D eigenvalue weighted by atomic mass is 35.5. The SMILES string of the molecule is C=CCN(CC(=O)Nc1ccc(F)c(Cl)c1)S(=O)(=O)/C=C/c1ccccc1. The van der Waals surface area contributed by atoms with Gasteiger partial charge in [-0.3, -0.25) is 4.79 Å². The van der Waals surface area contributed by atoms with E-state index in [0.717, 1.165) is 15.8 Å². The molecule has 0 saturated carbocycles. The van der Waals surface area contributed by atoms with E-state index in [1.54, 1.807) is 24.3 Å². The molecular weight excluding hydrogens is 391 g/mol. The van der Waals surface area contributed by atoms with Crippen LogP contribution >= 0.6 is 11.6 Å². The fourth-order valence-corrected chi connectivity index (χ4v) is 3.44. The van der Waals surface area contributed by atoms with Crippen LogP contribution in [0.5, 0.6) is 0 Å². The molecule has 0 aromatic heterocycles. The maximum atomic E-state index is 13.2. The molecule has 142 valence electrons. The molecule has 1 amide bonds. The van der Waals surface area contributed by atoms with Crippen LogP contribution in [0.15, 0.2) is 66.6 Å². The lowest BCUT2D eigenvalue weighted by Gasteiger charge is -2.18. The summed E-state index contributed by atoms with van der Waals surface area (Å²) in [5.74, 6) is -1.20. The maximum absolute atomic E-state index is 13.2. The Labute approximate surface area is 162 Å². The molecular formula is C19H18ClFN2O3S. The van der Waals surface area contributed by atoms with E-state index < -0.39 is 28.3 Å². The normalized spacial score (nSPS) is 11.7. The molecule has 8 heteroatoms. The fraction of sp³-hybridized carbons (Fsp3) is 0.105. The summed E-state index contributed by atoms with van der Waals surface area (Å²) in [5.41, 5.74) is 0.979. The average molecular weight is 409 g/mol. The van der Waals surface area contributed by atoms with Gasteiger partial charge in [0.15, 0.2) is 0 Å². The Morgan fingerprint density at radius 3 is 2.56 bits per heavy atom. The van der Waals surface area contributed by atoms with Crippen molar-refractivity contribution in [2.24, 2.45) is 0 Å². The molecule has 1 N–H and O–H groups in total. The van der Waals surface area contributed by atoms with Crippen molar-refractivity contribution in [3.8, 4) is 0 Å². The van der Waals surface area contributed by atoms with Gasteiger partial charge in [0.1, 0.15) is 5.82 Å². The predicted octanol–water partition coefficient (Wildman–Crippen LogP) is 3.91. The van der Waals surface area contributed by atoms with E-state index in [0.29, 0.717) is 5.56 Å². The third-order valence-corrected chi connectivity index (χ3v) is 5.22. The molecule has 0 fully saturated rings. The van der Waals surface area contributed by atoms with E-state index in [9.17, 15) is 17.6 Å². The largest absolute Gasteiger partial charge is 0.325 e. The molecule has 0 aliphatic heterocycles. The van der Waals surface area contributed by atoms with Crippen LogP contribution in [0.3, 0.4) is 0 Å². The molecule has 0 saturated heterocycles. The van der Waals surface area contributed by atoms with Crippen molar-refractivity contribution in [1.82, 2.24) is 4.31 Å². The Hall–Kier alpha value is -2.48. The average Bonchev–Trinajstić information content (AvgIpc) is 2.64. The number of sulfonamides is 1. The summed E-state index contributed by atoms with van der Waals surface area (Å²) >= 11 is 5.67. The minimum Gasteiger partial charge on any atom is -0.325 e. The third-order valence-electron chi connectivity index (χ3n) is 3.45. The van der Waals surface area contributed by atoms with Crippen molar-refractivity contribution in [2.45, 2.75) is 0 Å². The quantitative estimate of drug-likeness (QED) is 0.673. The molecule has 0 bridgehead atoms. The van der Waals surface area contributed by atoms with Crippen LogP contribution in [0.1, 0.15) is 5.56 Å². The Bertz CT molecular complexity index is 947. The number of hydrogen-bond donors (Lipinski definition) is 1. The van der Waals surface area contributed by atoms with Crippen molar-refractivity contribution >= 4 is 39.3 Å². The van der Waals surface area contributed by atoms with Crippen LogP contribution in [0.25, 0.3) is 6.08 Å². The lowest BCUT2D eigenvalue weighted by Crippen LogP contribution is -2.37. The number of anilines is 1. The van der Waals surface area contributed by atoms with Gasteiger partial charge in [-0.15, -0.1) is 6.58 Å². The third kappa shape index (κ3) is 6.32. The number of carbonyl (C=O) groups excluding carboxylic acids is 1. The van der Waals surface area contributed by atoms with Crippen molar-refractivity contribution in [2.75, 3.05) is 18.4 Å². The minimum absolute atomic E-state index is 0.0426. The van der Waals surface area contributed by atoms with Gasteiger partial charge < -0.3 is 5.32 Å². The lowest BCUT2D eigenvalue weighted by molar-refractivity contribution is -0.116. The zero-order valence-corrected chi connectivity index (χ0v) is 15.9. The van der Waals surface area contributed by atoms with Gasteiger partial charge >= 0.3 is 0 Å². The first-order chi connectivity index (χ1) is 12.8.